The third kappa shape index (κ3) is 4.45. The first-order valence-electron chi connectivity index (χ1n) is 5.79. The highest BCUT2D eigenvalue weighted by Gasteiger charge is 2.10. The Labute approximate surface area is 97.2 Å². The summed E-state index contributed by atoms with van der Waals surface area (Å²) in [6, 6.07) is 9.93. The van der Waals surface area contributed by atoms with Crippen LogP contribution in [0, 0.1) is 0 Å². The van der Waals surface area contributed by atoms with Crippen molar-refractivity contribution >= 4 is 5.91 Å². The summed E-state index contributed by atoms with van der Waals surface area (Å²) in [4.78, 5) is 11.5. The van der Waals surface area contributed by atoms with Crippen LogP contribution >= 0.6 is 0 Å². The van der Waals surface area contributed by atoms with Crippen LogP contribution in [0.25, 0.3) is 0 Å². The van der Waals surface area contributed by atoms with E-state index in [-0.39, 0.29) is 11.9 Å². The summed E-state index contributed by atoms with van der Waals surface area (Å²) in [7, 11) is 0. The zero-order valence-corrected chi connectivity index (χ0v) is 9.99. The Kier molecular flexibility index (Phi) is 5.57. The Hall–Kier alpha value is -1.35. The molecule has 0 aliphatic carbocycles. The third-order valence-corrected chi connectivity index (χ3v) is 2.40. The highest BCUT2D eigenvalue weighted by Crippen LogP contribution is 1.98. The van der Waals surface area contributed by atoms with E-state index in [0.29, 0.717) is 0 Å². The largest absolute Gasteiger partial charge is 0.355 e. The standard InChI is InChI=1S/C13H20N2O/c1-3-9-14-13(16)11(2)15-10-12-7-5-4-6-8-12/h4-8,11,15H,3,9-10H2,1-2H3,(H,14,16). The molecule has 1 aromatic rings. The van der Waals surface area contributed by atoms with Gasteiger partial charge in [-0.25, -0.2) is 0 Å². The Morgan fingerprint density at radius 3 is 2.62 bits per heavy atom. The zero-order valence-electron chi connectivity index (χ0n) is 9.99. The van der Waals surface area contributed by atoms with Crippen LogP contribution < -0.4 is 10.6 Å². The number of carbonyl (C=O) groups excluding carboxylic acids is 1. The van der Waals surface area contributed by atoms with Crippen molar-refractivity contribution < 1.29 is 4.79 Å². The van der Waals surface area contributed by atoms with Crippen molar-refractivity contribution in [2.24, 2.45) is 0 Å². The molecule has 3 nitrogen and oxygen atoms in total. The smallest absolute Gasteiger partial charge is 0.236 e. The molecule has 1 rings (SSSR count). The fourth-order valence-corrected chi connectivity index (χ4v) is 1.36. The average molecular weight is 220 g/mol. The van der Waals surface area contributed by atoms with Crippen LogP contribution in [-0.2, 0) is 11.3 Å². The van der Waals surface area contributed by atoms with Gasteiger partial charge in [-0.2, -0.15) is 0 Å². The van der Waals surface area contributed by atoms with Crippen molar-refractivity contribution in [3.8, 4) is 0 Å². The summed E-state index contributed by atoms with van der Waals surface area (Å²) in [5.41, 5.74) is 1.19. The third-order valence-electron chi connectivity index (χ3n) is 2.40. The molecule has 0 saturated heterocycles. The van der Waals surface area contributed by atoms with Crippen molar-refractivity contribution in [2.45, 2.75) is 32.9 Å². The maximum atomic E-state index is 11.5. The second-order valence-electron chi connectivity index (χ2n) is 3.88. The Bertz CT molecular complexity index is 311. The minimum Gasteiger partial charge on any atom is -0.355 e. The summed E-state index contributed by atoms with van der Waals surface area (Å²) in [5.74, 6) is 0.0674. The van der Waals surface area contributed by atoms with Gasteiger partial charge in [0.1, 0.15) is 0 Å². The van der Waals surface area contributed by atoms with E-state index in [2.05, 4.69) is 10.6 Å². The number of amides is 1. The van der Waals surface area contributed by atoms with Gasteiger partial charge < -0.3 is 10.6 Å². The molecular weight excluding hydrogens is 200 g/mol. The van der Waals surface area contributed by atoms with Crippen LogP contribution in [0.2, 0.25) is 0 Å². The summed E-state index contributed by atoms with van der Waals surface area (Å²) >= 11 is 0. The van der Waals surface area contributed by atoms with Gasteiger partial charge in [-0.05, 0) is 18.9 Å². The van der Waals surface area contributed by atoms with Crippen LogP contribution in [0.4, 0.5) is 0 Å². The number of nitrogens with one attached hydrogen (secondary N) is 2. The molecule has 0 aliphatic rings. The first kappa shape index (κ1) is 12.7. The lowest BCUT2D eigenvalue weighted by molar-refractivity contribution is -0.122. The summed E-state index contributed by atoms with van der Waals surface area (Å²) in [5, 5.41) is 6.06. The Balaban J connectivity index is 2.29. The molecule has 0 heterocycles. The number of hydrogen-bond acceptors (Lipinski definition) is 2. The van der Waals surface area contributed by atoms with Crippen LogP contribution in [0.3, 0.4) is 0 Å². The first-order chi connectivity index (χ1) is 7.74. The van der Waals surface area contributed by atoms with E-state index in [1.165, 1.54) is 5.56 Å². The second-order valence-corrected chi connectivity index (χ2v) is 3.88. The van der Waals surface area contributed by atoms with E-state index in [1.54, 1.807) is 0 Å². The van der Waals surface area contributed by atoms with Crippen molar-refractivity contribution in [1.29, 1.82) is 0 Å². The molecule has 0 radical (unpaired) electrons. The summed E-state index contributed by atoms with van der Waals surface area (Å²) in [6.07, 6.45) is 0.969. The molecule has 0 aliphatic heterocycles. The number of rotatable bonds is 6. The van der Waals surface area contributed by atoms with E-state index in [4.69, 9.17) is 0 Å². The number of benzene rings is 1. The van der Waals surface area contributed by atoms with Crippen LogP contribution in [0.1, 0.15) is 25.8 Å². The predicted octanol–water partition coefficient (Wildman–Crippen LogP) is 1.69. The summed E-state index contributed by atoms with van der Waals surface area (Å²) in [6.45, 7) is 5.40. The molecule has 1 atom stereocenters. The van der Waals surface area contributed by atoms with Gasteiger partial charge in [-0.15, -0.1) is 0 Å². The van der Waals surface area contributed by atoms with Crippen LogP contribution in [-0.4, -0.2) is 18.5 Å². The fraction of sp³-hybridized carbons (Fsp3) is 0.462. The molecule has 0 spiro atoms. The highest BCUT2D eigenvalue weighted by atomic mass is 16.2. The lowest BCUT2D eigenvalue weighted by atomic mass is 10.2. The molecule has 88 valence electrons. The molecule has 0 bridgehead atoms. The molecule has 0 fully saturated rings. The minimum atomic E-state index is -0.147. The maximum Gasteiger partial charge on any atom is 0.236 e. The molecule has 3 heteroatoms. The molecule has 1 unspecified atom stereocenters. The zero-order chi connectivity index (χ0) is 11.8. The second kappa shape index (κ2) is 7.01. The fourth-order valence-electron chi connectivity index (χ4n) is 1.36. The topological polar surface area (TPSA) is 41.1 Å². The minimum absolute atomic E-state index is 0.0674. The normalized spacial score (nSPS) is 12.1. The Morgan fingerprint density at radius 1 is 1.31 bits per heavy atom. The molecule has 1 aromatic carbocycles. The van der Waals surface area contributed by atoms with Crippen LogP contribution in [0.15, 0.2) is 30.3 Å². The average Bonchev–Trinajstić information content (AvgIpc) is 2.34. The quantitative estimate of drug-likeness (QED) is 0.766. The van der Waals surface area contributed by atoms with E-state index < -0.39 is 0 Å². The summed E-state index contributed by atoms with van der Waals surface area (Å²) < 4.78 is 0. The predicted molar refractivity (Wildman–Crippen MR) is 66.0 cm³/mol. The highest BCUT2D eigenvalue weighted by molar-refractivity contribution is 5.81. The molecule has 16 heavy (non-hydrogen) atoms. The van der Waals surface area contributed by atoms with Gasteiger partial charge in [0.25, 0.3) is 0 Å². The Morgan fingerprint density at radius 2 is 2.00 bits per heavy atom. The van der Waals surface area contributed by atoms with Gasteiger partial charge in [-0.1, -0.05) is 37.3 Å². The lowest BCUT2D eigenvalue weighted by Crippen LogP contribution is -2.42. The van der Waals surface area contributed by atoms with Gasteiger partial charge in [0.05, 0.1) is 6.04 Å². The van der Waals surface area contributed by atoms with Crippen LogP contribution in [0.5, 0.6) is 0 Å². The van der Waals surface area contributed by atoms with Gasteiger partial charge in [0.2, 0.25) is 5.91 Å². The van der Waals surface area contributed by atoms with E-state index >= 15 is 0 Å². The lowest BCUT2D eigenvalue weighted by Gasteiger charge is -2.13. The van der Waals surface area contributed by atoms with Crippen molar-refractivity contribution in [3.05, 3.63) is 35.9 Å². The van der Waals surface area contributed by atoms with Gasteiger partial charge in [0.15, 0.2) is 0 Å². The van der Waals surface area contributed by atoms with E-state index in [1.807, 2.05) is 44.2 Å². The first-order valence-corrected chi connectivity index (χ1v) is 5.79. The van der Waals surface area contributed by atoms with Gasteiger partial charge in [-0.3, -0.25) is 4.79 Å². The molecule has 0 saturated carbocycles. The number of hydrogen-bond donors (Lipinski definition) is 2. The molecule has 1 amide bonds. The van der Waals surface area contributed by atoms with E-state index in [9.17, 15) is 4.79 Å². The number of carbonyl (C=O) groups is 1. The molecule has 2 N–H and O–H groups in total. The van der Waals surface area contributed by atoms with Crippen molar-refractivity contribution in [2.75, 3.05) is 6.54 Å². The SMILES string of the molecule is CCCNC(=O)C(C)NCc1ccccc1. The van der Waals surface area contributed by atoms with Crippen molar-refractivity contribution in [3.63, 3.8) is 0 Å². The van der Waals surface area contributed by atoms with Gasteiger partial charge >= 0.3 is 0 Å². The molecular formula is C13H20N2O. The van der Waals surface area contributed by atoms with E-state index in [0.717, 1.165) is 19.5 Å². The maximum absolute atomic E-state index is 11.5. The van der Waals surface area contributed by atoms with Gasteiger partial charge in [0, 0.05) is 13.1 Å². The monoisotopic (exact) mass is 220 g/mol. The van der Waals surface area contributed by atoms with Crippen molar-refractivity contribution in [1.82, 2.24) is 10.6 Å². The molecule has 0 aromatic heterocycles.